The fourth-order valence-corrected chi connectivity index (χ4v) is 3.75. The Morgan fingerprint density at radius 1 is 1.24 bits per heavy atom. The number of amides is 1. The van der Waals surface area contributed by atoms with E-state index < -0.39 is 0 Å². The molecular formula is C22H20ClFN2O2S. The van der Waals surface area contributed by atoms with Crippen LogP contribution in [0.3, 0.4) is 0 Å². The summed E-state index contributed by atoms with van der Waals surface area (Å²) in [4.78, 5) is 13.3. The number of rotatable bonds is 8. The molecule has 0 radical (unpaired) electrons. The molecule has 2 aromatic carbocycles. The number of halogens is 2. The van der Waals surface area contributed by atoms with Gasteiger partial charge in [0.15, 0.2) is 0 Å². The van der Waals surface area contributed by atoms with Crippen LogP contribution in [0, 0.1) is 5.82 Å². The van der Waals surface area contributed by atoms with Crippen LogP contribution in [0.5, 0.6) is 5.75 Å². The molecule has 0 atom stereocenters. The molecule has 0 bridgehead atoms. The number of hydrogen-bond donors (Lipinski definition) is 1. The van der Waals surface area contributed by atoms with Gasteiger partial charge in [-0.15, -0.1) is 11.3 Å². The zero-order chi connectivity index (χ0) is 20.6. The van der Waals surface area contributed by atoms with Crippen LogP contribution in [-0.4, -0.2) is 12.1 Å². The average Bonchev–Trinajstić information content (AvgIpc) is 3.17. The van der Waals surface area contributed by atoms with Crippen LogP contribution in [0.2, 0.25) is 5.02 Å². The first-order chi connectivity index (χ1) is 14.0. The molecule has 1 amide bonds. The molecule has 0 saturated heterocycles. The fourth-order valence-electron chi connectivity index (χ4n) is 2.56. The van der Waals surface area contributed by atoms with Crippen molar-refractivity contribution in [3.63, 3.8) is 0 Å². The van der Waals surface area contributed by atoms with E-state index in [0.717, 1.165) is 18.4 Å². The molecule has 0 fully saturated rings. The highest BCUT2D eigenvalue weighted by Crippen LogP contribution is 2.20. The van der Waals surface area contributed by atoms with E-state index in [-0.39, 0.29) is 18.3 Å². The minimum Gasteiger partial charge on any atom is -0.489 e. The number of ether oxygens (including phenoxy) is 1. The first kappa shape index (κ1) is 21.0. The number of hydrogen-bond acceptors (Lipinski definition) is 4. The third-order valence-corrected chi connectivity index (χ3v) is 5.43. The van der Waals surface area contributed by atoms with Crippen molar-refractivity contribution in [3.05, 3.63) is 86.3 Å². The lowest BCUT2D eigenvalue weighted by atomic mass is 10.2. The number of thiophene rings is 1. The van der Waals surface area contributed by atoms with Crippen LogP contribution in [-0.2, 0) is 13.0 Å². The van der Waals surface area contributed by atoms with E-state index in [1.54, 1.807) is 35.8 Å². The standard InChI is InChI=1S/C22H20ClFN2O2S/c1-2-3-20-10-17(14-29-20)22(27)26-25-12-15-4-8-19(9-5-15)28-13-16-6-7-18(24)11-21(16)23/h4-12,14H,2-3,13H2,1H3,(H,26,27)/b25-12+. The topological polar surface area (TPSA) is 50.7 Å². The molecule has 29 heavy (non-hydrogen) atoms. The van der Waals surface area contributed by atoms with Crippen molar-refractivity contribution in [1.82, 2.24) is 5.43 Å². The second kappa shape index (κ2) is 10.2. The third-order valence-electron chi connectivity index (χ3n) is 4.08. The summed E-state index contributed by atoms with van der Waals surface area (Å²) < 4.78 is 18.7. The molecule has 150 valence electrons. The lowest BCUT2D eigenvalue weighted by Crippen LogP contribution is -2.16. The Labute approximate surface area is 178 Å². The highest BCUT2D eigenvalue weighted by Gasteiger charge is 2.07. The number of hydrazone groups is 1. The largest absolute Gasteiger partial charge is 0.489 e. The summed E-state index contributed by atoms with van der Waals surface area (Å²) in [7, 11) is 0. The fraction of sp³-hybridized carbons (Fsp3) is 0.182. The van der Waals surface area contributed by atoms with Crippen molar-refractivity contribution < 1.29 is 13.9 Å². The third kappa shape index (κ3) is 6.14. The van der Waals surface area contributed by atoms with Gasteiger partial charge < -0.3 is 4.74 Å². The number of nitrogens with zero attached hydrogens (tertiary/aromatic N) is 1. The van der Waals surface area contributed by atoms with Crippen molar-refractivity contribution in [2.75, 3.05) is 0 Å². The second-order valence-electron chi connectivity index (χ2n) is 6.34. The van der Waals surface area contributed by atoms with Gasteiger partial charge in [0, 0.05) is 15.8 Å². The summed E-state index contributed by atoms with van der Waals surface area (Å²) in [5.41, 5.74) is 4.68. The number of carbonyl (C=O) groups excluding carboxylic acids is 1. The normalized spacial score (nSPS) is 11.0. The number of nitrogens with one attached hydrogen (secondary N) is 1. The maximum atomic E-state index is 13.1. The van der Waals surface area contributed by atoms with Crippen LogP contribution in [0.4, 0.5) is 4.39 Å². The molecule has 7 heteroatoms. The summed E-state index contributed by atoms with van der Waals surface area (Å²) in [6, 6.07) is 13.3. The molecule has 0 saturated carbocycles. The summed E-state index contributed by atoms with van der Waals surface area (Å²) in [6.45, 7) is 2.35. The molecule has 0 aliphatic carbocycles. The molecule has 0 spiro atoms. The lowest BCUT2D eigenvalue weighted by molar-refractivity contribution is 0.0955. The van der Waals surface area contributed by atoms with Crippen molar-refractivity contribution in [2.45, 2.75) is 26.4 Å². The van der Waals surface area contributed by atoms with Gasteiger partial charge in [-0.05, 0) is 54.4 Å². The molecule has 0 aliphatic rings. The van der Waals surface area contributed by atoms with Crippen LogP contribution < -0.4 is 10.2 Å². The molecule has 0 aliphatic heterocycles. The van der Waals surface area contributed by atoms with Crippen LogP contribution in [0.1, 0.15) is 39.7 Å². The minimum atomic E-state index is -0.380. The summed E-state index contributed by atoms with van der Waals surface area (Å²) in [5, 5.41) is 6.18. The SMILES string of the molecule is CCCc1cc(C(=O)N/N=C/c2ccc(OCc3ccc(F)cc3Cl)cc2)cs1. The van der Waals surface area contributed by atoms with E-state index in [9.17, 15) is 9.18 Å². The van der Waals surface area contributed by atoms with Gasteiger partial charge in [0.25, 0.3) is 5.91 Å². The molecule has 0 unspecified atom stereocenters. The van der Waals surface area contributed by atoms with Crippen LogP contribution in [0.15, 0.2) is 59.0 Å². The molecule has 1 heterocycles. The molecule has 4 nitrogen and oxygen atoms in total. The van der Waals surface area contributed by atoms with Gasteiger partial charge >= 0.3 is 0 Å². The molecular weight excluding hydrogens is 411 g/mol. The van der Waals surface area contributed by atoms with Crippen LogP contribution in [0.25, 0.3) is 0 Å². The Morgan fingerprint density at radius 3 is 2.76 bits per heavy atom. The Morgan fingerprint density at radius 2 is 2.03 bits per heavy atom. The van der Waals surface area contributed by atoms with Gasteiger partial charge in [0.1, 0.15) is 18.2 Å². The van der Waals surface area contributed by atoms with E-state index in [0.29, 0.717) is 21.9 Å². The molecule has 3 aromatic rings. The molecule has 1 aromatic heterocycles. The number of aryl methyl sites for hydroxylation is 1. The Bertz CT molecular complexity index is 1000. The number of benzene rings is 2. The quantitative estimate of drug-likeness (QED) is 0.360. The predicted molar refractivity (Wildman–Crippen MR) is 116 cm³/mol. The van der Waals surface area contributed by atoms with Gasteiger partial charge in [0.05, 0.1) is 16.8 Å². The zero-order valence-corrected chi connectivity index (χ0v) is 17.4. The number of carbonyl (C=O) groups is 1. The van der Waals surface area contributed by atoms with E-state index in [4.69, 9.17) is 16.3 Å². The van der Waals surface area contributed by atoms with E-state index in [2.05, 4.69) is 17.5 Å². The average molecular weight is 431 g/mol. The monoisotopic (exact) mass is 430 g/mol. The van der Waals surface area contributed by atoms with Crippen molar-refractivity contribution >= 4 is 35.1 Å². The van der Waals surface area contributed by atoms with Crippen molar-refractivity contribution in [2.24, 2.45) is 5.10 Å². The Balaban J connectivity index is 1.51. The van der Waals surface area contributed by atoms with Gasteiger partial charge in [-0.2, -0.15) is 5.10 Å². The van der Waals surface area contributed by atoms with E-state index in [1.807, 2.05) is 23.6 Å². The summed E-state index contributed by atoms with van der Waals surface area (Å²) >= 11 is 7.58. The van der Waals surface area contributed by atoms with Gasteiger partial charge in [-0.1, -0.05) is 31.0 Å². The first-order valence-electron chi connectivity index (χ1n) is 9.12. The predicted octanol–water partition coefficient (Wildman–Crippen LogP) is 5.84. The molecule has 3 rings (SSSR count). The van der Waals surface area contributed by atoms with Crippen molar-refractivity contribution in [3.8, 4) is 5.75 Å². The van der Waals surface area contributed by atoms with Crippen molar-refractivity contribution in [1.29, 1.82) is 0 Å². The van der Waals surface area contributed by atoms with Gasteiger partial charge in [-0.3, -0.25) is 4.79 Å². The van der Waals surface area contributed by atoms with E-state index in [1.165, 1.54) is 17.0 Å². The molecule has 1 N–H and O–H groups in total. The van der Waals surface area contributed by atoms with Gasteiger partial charge in [0.2, 0.25) is 0 Å². The second-order valence-corrected chi connectivity index (χ2v) is 7.75. The lowest BCUT2D eigenvalue weighted by Gasteiger charge is -2.08. The smallest absolute Gasteiger partial charge is 0.272 e. The maximum Gasteiger partial charge on any atom is 0.272 e. The minimum absolute atomic E-state index is 0.226. The first-order valence-corrected chi connectivity index (χ1v) is 10.4. The van der Waals surface area contributed by atoms with Gasteiger partial charge in [-0.25, -0.2) is 9.82 Å². The maximum absolute atomic E-state index is 13.1. The summed E-state index contributed by atoms with van der Waals surface area (Å²) in [6.07, 6.45) is 3.59. The van der Waals surface area contributed by atoms with E-state index >= 15 is 0 Å². The highest BCUT2D eigenvalue weighted by atomic mass is 35.5. The highest BCUT2D eigenvalue weighted by molar-refractivity contribution is 7.10. The van der Waals surface area contributed by atoms with Crippen LogP contribution >= 0.6 is 22.9 Å². The summed E-state index contributed by atoms with van der Waals surface area (Å²) in [5.74, 6) is 0.0409. The Kier molecular flexibility index (Phi) is 7.38. The Hall–Kier alpha value is -2.70. The zero-order valence-electron chi connectivity index (χ0n) is 15.8.